The van der Waals surface area contributed by atoms with Gasteiger partial charge in [-0.05, 0) is 45.0 Å². The molecule has 1 aromatic carbocycles. The first-order valence-corrected chi connectivity index (χ1v) is 6.40. The Kier molecular flexibility index (Phi) is 6.75. The van der Waals surface area contributed by atoms with Gasteiger partial charge >= 0.3 is 0 Å². The third-order valence-corrected chi connectivity index (χ3v) is 2.28. The first kappa shape index (κ1) is 14.4. The molecule has 0 atom stereocenters. The van der Waals surface area contributed by atoms with E-state index in [4.69, 9.17) is 15.2 Å². The average molecular weight is 247 g/mol. The number of ether oxygens (including phenoxy) is 2. The molecule has 0 bridgehead atoms. The molecule has 0 spiro atoms. The minimum absolute atomic E-state index is 0.615. The van der Waals surface area contributed by atoms with E-state index in [-0.39, 0.29) is 0 Å². The molecule has 0 aromatic heterocycles. The summed E-state index contributed by atoms with van der Waals surface area (Å²) in [7, 11) is 0. The highest BCUT2D eigenvalue weighted by Crippen LogP contribution is 2.28. The Morgan fingerprint density at radius 3 is 2.50 bits per heavy atom. The SMILES string of the molecule is CCOc1ccc(C#CCCCN)cc1OCC. The van der Waals surface area contributed by atoms with Crippen molar-refractivity contribution in [3.8, 4) is 23.3 Å². The molecule has 0 amide bonds. The van der Waals surface area contributed by atoms with Crippen LogP contribution in [0.5, 0.6) is 11.5 Å². The maximum absolute atomic E-state index is 5.54. The van der Waals surface area contributed by atoms with Crippen LogP contribution in [0.25, 0.3) is 0 Å². The molecule has 0 aliphatic carbocycles. The summed E-state index contributed by atoms with van der Waals surface area (Å²) in [6.07, 6.45) is 1.76. The predicted molar refractivity (Wildman–Crippen MR) is 73.9 cm³/mol. The van der Waals surface area contributed by atoms with Crippen molar-refractivity contribution in [1.29, 1.82) is 0 Å². The third kappa shape index (κ3) is 4.68. The molecule has 18 heavy (non-hydrogen) atoms. The van der Waals surface area contributed by atoms with Crippen molar-refractivity contribution in [1.82, 2.24) is 0 Å². The van der Waals surface area contributed by atoms with Gasteiger partial charge in [0.1, 0.15) is 0 Å². The maximum Gasteiger partial charge on any atom is 0.162 e. The Morgan fingerprint density at radius 2 is 1.83 bits per heavy atom. The zero-order valence-electron chi connectivity index (χ0n) is 11.2. The van der Waals surface area contributed by atoms with Gasteiger partial charge in [-0.25, -0.2) is 0 Å². The van der Waals surface area contributed by atoms with E-state index >= 15 is 0 Å². The highest BCUT2D eigenvalue weighted by Gasteiger charge is 2.04. The summed E-state index contributed by atoms with van der Waals surface area (Å²) < 4.78 is 11.0. The second-order valence-corrected chi connectivity index (χ2v) is 3.72. The topological polar surface area (TPSA) is 44.5 Å². The fourth-order valence-electron chi connectivity index (χ4n) is 1.48. The molecule has 0 fully saturated rings. The molecule has 1 aromatic rings. The molecule has 3 nitrogen and oxygen atoms in total. The molecule has 2 N–H and O–H groups in total. The minimum atomic E-state index is 0.615. The zero-order valence-corrected chi connectivity index (χ0v) is 11.2. The Balaban J connectivity index is 2.80. The standard InChI is InChI=1S/C15H21NO2/c1-3-17-14-10-9-13(8-6-5-7-11-16)12-15(14)18-4-2/h9-10,12H,3-5,7,11,16H2,1-2H3. The van der Waals surface area contributed by atoms with Crippen LogP contribution in [0.3, 0.4) is 0 Å². The summed E-state index contributed by atoms with van der Waals surface area (Å²) in [5.74, 6) is 7.73. The van der Waals surface area contributed by atoms with Crippen molar-refractivity contribution in [2.75, 3.05) is 19.8 Å². The van der Waals surface area contributed by atoms with E-state index in [9.17, 15) is 0 Å². The van der Waals surface area contributed by atoms with Crippen LogP contribution in [0.2, 0.25) is 0 Å². The minimum Gasteiger partial charge on any atom is -0.490 e. The second kappa shape index (κ2) is 8.43. The van der Waals surface area contributed by atoms with Crippen molar-refractivity contribution in [3.05, 3.63) is 23.8 Å². The van der Waals surface area contributed by atoms with E-state index in [2.05, 4.69) is 11.8 Å². The first-order valence-electron chi connectivity index (χ1n) is 6.40. The Bertz CT molecular complexity index is 418. The van der Waals surface area contributed by atoms with Crippen molar-refractivity contribution in [2.24, 2.45) is 5.73 Å². The molecule has 1 rings (SSSR count). The van der Waals surface area contributed by atoms with E-state index in [1.54, 1.807) is 0 Å². The van der Waals surface area contributed by atoms with Crippen LogP contribution in [0.1, 0.15) is 32.3 Å². The number of benzene rings is 1. The zero-order chi connectivity index (χ0) is 13.2. The van der Waals surface area contributed by atoms with Crippen LogP contribution in [0.15, 0.2) is 18.2 Å². The van der Waals surface area contributed by atoms with Gasteiger partial charge in [-0.2, -0.15) is 0 Å². The summed E-state index contributed by atoms with van der Waals surface area (Å²) >= 11 is 0. The van der Waals surface area contributed by atoms with Crippen LogP contribution >= 0.6 is 0 Å². The van der Waals surface area contributed by atoms with Gasteiger partial charge in [0.25, 0.3) is 0 Å². The highest BCUT2D eigenvalue weighted by molar-refractivity contribution is 5.48. The highest BCUT2D eigenvalue weighted by atomic mass is 16.5. The number of rotatable bonds is 6. The summed E-state index contributed by atoms with van der Waals surface area (Å²) in [6, 6.07) is 5.77. The van der Waals surface area contributed by atoms with E-state index in [1.807, 2.05) is 32.0 Å². The average Bonchev–Trinajstić information content (AvgIpc) is 2.38. The molecule has 98 valence electrons. The molecule has 0 unspecified atom stereocenters. The lowest BCUT2D eigenvalue weighted by atomic mass is 10.2. The van der Waals surface area contributed by atoms with Crippen molar-refractivity contribution in [2.45, 2.75) is 26.7 Å². The number of unbranched alkanes of at least 4 members (excludes halogenated alkanes) is 1. The van der Waals surface area contributed by atoms with Crippen LogP contribution in [-0.2, 0) is 0 Å². The van der Waals surface area contributed by atoms with E-state index in [0.717, 1.165) is 29.9 Å². The summed E-state index contributed by atoms with van der Waals surface area (Å²) in [6.45, 7) is 5.83. The van der Waals surface area contributed by atoms with Gasteiger partial charge in [0.2, 0.25) is 0 Å². The molecular weight excluding hydrogens is 226 g/mol. The maximum atomic E-state index is 5.54. The second-order valence-electron chi connectivity index (χ2n) is 3.72. The van der Waals surface area contributed by atoms with Gasteiger partial charge in [-0.15, -0.1) is 0 Å². The molecule has 3 heteroatoms. The molecule has 0 heterocycles. The van der Waals surface area contributed by atoms with Crippen LogP contribution < -0.4 is 15.2 Å². The number of nitrogens with two attached hydrogens (primary N) is 1. The van der Waals surface area contributed by atoms with Gasteiger partial charge in [0.05, 0.1) is 13.2 Å². The molecular formula is C15H21NO2. The predicted octanol–water partition coefficient (Wildman–Crippen LogP) is 2.57. The van der Waals surface area contributed by atoms with Crippen molar-refractivity contribution in [3.63, 3.8) is 0 Å². The van der Waals surface area contributed by atoms with E-state index < -0.39 is 0 Å². The lowest BCUT2D eigenvalue weighted by Gasteiger charge is -2.10. The van der Waals surface area contributed by atoms with Gasteiger partial charge in [-0.3, -0.25) is 0 Å². The van der Waals surface area contributed by atoms with E-state index in [1.165, 1.54) is 0 Å². The largest absolute Gasteiger partial charge is 0.490 e. The Hall–Kier alpha value is -1.66. The van der Waals surface area contributed by atoms with Crippen LogP contribution in [-0.4, -0.2) is 19.8 Å². The Labute approximate surface area is 109 Å². The third-order valence-electron chi connectivity index (χ3n) is 2.28. The molecule has 0 saturated heterocycles. The van der Waals surface area contributed by atoms with Gasteiger partial charge in [0.15, 0.2) is 11.5 Å². The summed E-state index contributed by atoms with van der Waals surface area (Å²) in [5, 5.41) is 0. The van der Waals surface area contributed by atoms with Gasteiger partial charge < -0.3 is 15.2 Å². The molecule has 0 aliphatic rings. The van der Waals surface area contributed by atoms with Gasteiger partial charge in [0, 0.05) is 12.0 Å². The van der Waals surface area contributed by atoms with Crippen LogP contribution in [0, 0.1) is 11.8 Å². The van der Waals surface area contributed by atoms with E-state index in [0.29, 0.717) is 19.8 Å². The number of hydrogen-bond acceptors (Lipinski definition) is 3. The summed E-state index contributed by atoms with van der Waals surface area (Å²) in [4.78, 5) is 0. The fraction of sp³-hybridized carbons (Fsp3) is 0.467. The fourth-order valence-corrected chi connectivity index (χ4v) is 1.48. The summed E-state index contributed by atoms with van der Waals surface area (Å²) in [5.41, 5.74) is 6.36. The molecule has 0 radical (unpaired) electrons. The lowest BCUT2D eigenvalue weighted by molar-refractivity contribution is 0.287. The molecule has 0 saturated carbocycles. The number of hydrogen-bond donors (Lipinski definition) is 1. The lowest BCUT2D eigenvalue weighted by Crippen LogP contribution is -1.98. The quantitative estimate of drug-likeness (QED) is 0.620. The Morgan fingerprint density at radius 1 is 1.11 bits per heavy atom. The van der Waals surface area contributed by atoms with Crippen LogP contribution in [0.4, 0.5) is 0 Å². The van der Waals surface area contributed by atoms with Crippen molar-refractivity contribution >= 4 is 0 Å². The monoisotopic (exact) mass is 247 g/mol. The van der Waals surface area contributed by atoms with Crippen molar-refractivity contribution < 1.29 is 9.47 Å². The molecule has 0 aliphatic heterocycles. The first-order chi connectivity index (χ1) is 8.81. The smallest absolute Gasteiger partial charge is 0.162 e. The van der Waals surface area contributed by atoms with Gasteiger partial charge in [-0.1, -0.05) is 11.8 Å². The normalized spacial score (nSPS) is 9.50.